The molecule has 1 saturated heterocycles. The summed E-state index contributed by atoms with van der Waals surface area (Å²) in [6.07, 6.45) is -3.72. The highest BCUT2D eigenvalue weighted by Crippen LogP contribution is 2.33. The molecule has 0 spiro atoms. The van der Waals surface area contributed by atoms with Crippen molar-refractivity contribution in [2.24, 2.45) is 10.9 Å². The molecule has 21 heavy (non-hydrogen) atoms. The third-order valence-electron chi connectivity index (χ3n) is 3.27. The van der Waals surface area contributed by atoms with Gasteiger partial charge in [-0.3, -0.25) is 0 Å². The van der Waals surface area contributed by atoms with Crippen LogP contribution in [0.1, 0.15) is 17.5 Å². The van der Waals surface area contributed by atoms with Crippen molar-refractivity contribution >= 4 is 11.5 Å². The van der Waals surface area contributed by atoms with Crippen molar-refractivity contribution in [1.29, 1.82) is 0 Å². The average Bonchev–Trinajstić information content (AvgIpc) is 2.73. The van der Waals surface area contributed by atoms with E-state index >= 15 is 0 Å². The molecule has 5 nitrogen and oxygen atoms in total. The summed E-state index contributed by atoms with van der Waals surface area (Å²) in [6.45, 7) is 2.26. The second-order valence-corrected chi connectivity index (χ2v) is 4.67. The Morgan fingerprint density at radius 1 is 1.29 bits per heavy atom. The number of halogens is 3. The van der Waals surface area contributed by atoms with Gasteiger partial charge in [0.1, 0.15) is 0 Å². The van der Waals surface area contributed by atoms with Gasteiger partial charge in [-0.2, -0.15) is 13.2 Å². The number of nitrogens with two attached hydrogens (primary N) is 1. The lowest BCUT2D eigenvalue weighted by molar-refractivity contribution is -0.137. The summed E-state index contributed by atoms with van der Waals surface area (Å²) in [4.78, 5) is 1.88. The van der Waals surface area contributed by atoms with Gasteiger partial charge in [0.15, 0.2) is 5.84 Å². The van der Waals surface area contributed by atoms with Crippen molar-refractivity contribution in [2.75, 3.05) is 31.2 Å². The van der Waals surface area contributed by atoms with Gasteiger partial charge >= 0.3 is 6.18 Å². The number of oxime groups is 1. The van der Waals surface area contributed by atoms with Crippen molar-refractivity contribution in [1.82, 2.24) is 0 Å². The zero-order valence-corrected chi connectivity index (χ0v) is 11.2. The minimum atomic E-state index is -4.48. The van der Waals surface area contributed by atoms with E-state index < -0.39 is 11.7 Å². The number of alkyl halides is 3. The molecule has 1 aliphatic heterocycles. The Hall–Kier alpha value is -1.96. The van der Waals surface area contributed by atoms with E-state index in [1.807, 2.05) is 4.90 Å². The fourth-order valence-electron chi connectivity index (χ4n) is 2.23. The van der Waals surface area contributed by atoms with E-state index in [1.54, 1.807) is 0 Å². The lowest BCUT2D eigenvalue weighted by Crippen LogP contribution is -2.29. The predicted octanol–water partition coefficient (Wildman–Crippen LogP) is 2.03. The average molecular weight is 303 g/mol. The molecule has 116 valence electrons. The highest BCUT2D eigenvalue weighted by molar-refractivity contribution is 6.02. The van der Waals surface area contributed by atoms with Gasteiger partial charge in [-0.15, -0.1) is 0 Å². The number of benzene rings is 1. The standard InChI is InChI=1S/C13H16F3N3O2/c14-13(15,16)9-2-3-11(10(8-9)12(17)18-20)19-4-1-6-21-7-5-19/h2-3,8,20H,1,4-7H2,(H2,17,18). The molecular weight excluding hydrogens is 287 g/mol. The quantitative estimate of drug-likeness (QED) is 0.379. The highest BCUT2D eigenvalue weighted by atomic mass is 19.4. The molecule has 0 amide bonds. The minimum absolute atomic E-state index is 0.0641. The molecule has 1 aromatic carbocycles. The summed E-state index contributed by atoms with van der Waals surface area (Å²) in [7, 11) is 0. The van der Waals surface area contributed by atoms with Crippen LogP contribution in [0.3, 0.4) is 0 Å². The van der Waals surface area contributed by atoms with Crippen LogP contribution in [0.25, 0.3) is 0 Å². The molecule has 1 aromatic rings. The van der Waals surface area contributed by atoms with Crippen LogP contribution in [0.15, 0.2) is 23.4 Å². The first-order chi connectivity index (χ1) is 9.93. The van der Waals surface area contributed by atoms with Crippen LogP contribution >= 0.6 is 0 Å². The molecule has 0 unspecified atom stereocenters. The molecule has 0 atom stereocenters. The second kappa shape index (κ2) is 6.21. The van der Waals surface area contributed by atoms with Gasteiger partial charge in [0, 0.05) is 30.9 Å². The monoisotopic (exact) mass is 303 g/mol. The highest BCUT2D eigenvalue weighted by Gasteiger charge is 2.32. The van der Waals surface area contributed by atoms with Crippen LogP contribution < -0.4 is 10.6 Å². The first kappa shape index (κ1) is 15.4. The van der Waals surface area contributed by atoms with Crippen LogP contribution in [0.2, 0.25) is 0 Å². The number of anilines is 1. The fraction of sp³-hybridized carbons (Fsp3) is 0.462. The topological polar surface area (TPSA) is 71.1 Å². The number of ether oxygens (including phenoxy) is 1. The molecule has 1 heterocycles. The van der Waals surface area contributed by atoms with Crippen molar-refractivity contribution in [3.05, 3.63) is 29.3 Å². The van der Waals surface area contributed by atoms with E-state index in [0.717, 1.165) is 18.6 Å². The normalized spacial score (nSPS) is 17.7. The SMILES string of the molecule is NC(=NO)c1cc(C(F)(F)F)ccc1N1CCCOCC1. The van der Waals surface area contributed by atoms with Gasteiger partial charge in [-0.05, 0) is 24.6 Å². The summed E-state index contributed by atoms with van der Waals surface area (Å²) in [5.41, 5.74) is 5.26. The van der Waals surface area contributed by atoms with Gasteiger partial charge in [0.2, 0.25) is 0 Å². The number of rotatable bonds is 2. The maximum Gasteiger partial charge on any atom is 0.416 e. The van der Waals surface area contributed by atoms with Gasteiger partial charge in [0.25, 0.3) is 0 Å². The summed E-state index contributed by atoms with van der Waals surface area (Å²) < 4.78 is 43.7. The van der Waals surface area contributed by atoms with Crippen molar-refractivity contribution < 1.29 is 23.1 Å². The Morgan fingerprint density at radius 2 is 2.05 bits per heavy atom. The Balaban J connectivity index is 2.44. The van der Waals surface area contributed by atoms with E-state index in [2.05, 4.69) is 5.16 Å². The molecule has 1 aliphatic rings. The molecule has 1 fully saturated rings. The van der Waals surface area contributed by atoms with Gasteiger partial charge in [0.05, 0.1) is 12.2 Å². The van der Waals surface area contributed by atoms with Crippen LogP contribution in [0, 0.1) is 0 Å². The van der Waals surface area contributed by atoms with Crippen LogP contribution in [-0.2, 0) is 10.9 Å². The zero-order valence-electron chi connectivity index (χ0n) is 11.2. The summed E-state index contributed by atoms with van der Waals surface area (Å²) in [5.74, 6) is -0.346. The largest absolute Gasteiger partial charge is 0.416 e. The third-order valence-corrected chi connectivity index (χ3v) is 3.27. The Morgan fingerprint density at radius 3 is 2.71 bits per heavy atom. The summed E-state index contributed by atoms with van der Waals surface area (Å²) in [5, 5.41) is 11.6. The molecule has 0 saturated carbocycles. The van der Waals surface area contributed by atoms with Crippen LogP contribution in [0.4, 0.5) is 18.9 Å². The molecule has 8 heteroatoms. The van der Waals surface area contributed by atoms with Gasteiger partial charge < -0.3 is 20.6 Å². The molecule has 3 N–H and O–H groups in total. The third kappa shape index (κ3) is 3.57. The predicted molar refractivity (Wildman–Crippen MR) is 71.6 cm³/mol. The Labute approximate surface area is 119 Å². The molecule has 0 aliphatic carbocycles. The Bertz CT molecular complexity index is 524. The minimum Gasteiger partial charge on any atom is -0.409 e. The number of amidine groups is 1. The lowest BCUT2D eigenvalue weighted by Gasteiger charge is -2.25. The lowest BCUT2D eigenvalue weighted by atomic mass is 10.1. The van der Waals surface area contributed by atoms with E-state index in [0.29, 0.717) is 32.0 Å². The molecule has 0 aromatic heterocycles. The number of hydrogen-bond donors (Lipinski definition) is 2. The molecular formula is C13H16F3N3O2. The molecule has 0 radical (unpaired) electrons. The van der Waals surface area contributed by atoms with E-state index in [1.165, 1.54) is 6.07 Å². The van der Waals surface area contributed by atoms with Gasteiger partial charge in [-0.25, -0.2) is 0 Å². The first-order valence-electron chi connectivity index (χ1n) is 6.45. The van der Waals surface area contributed by atoms with E-state index in [4.69, 9.17) is 15.7 Å². The fourth-order valence-corrected chi connectivity index (χ4v) is 2.23. The molecule has 2 rings (SSSR count). The number of hydrogen-bond acceptors (Lipinski definition) is 4. The first-order valence-corrected chi connectivity index (χ1v) is 6.45. The second-order valence-electron chi connectivity index (χ2n) is 4.67. The van der Waals surface area contributed by atoms with Gasteiger partial charge in [-0.1, -0.05) is 5.16 Å². The zero-order chi connectivity index (χ0) is 15.5. The summed E-state index contributed by atoms with van der Waals surface area (Å²) >= 11 is 0. The molecule has 0 bridgehead atoms. The van der Waals surface area contributed by atoms with E-state index in [9.17, 15) is 13.2 Å². The van der Waals surface area contributed by atoms with Crippen LogP contribution in [0.5, 0.6) is 0 Å². The summed E-state index contributed by atoms with van der Waals surface area (Å²) in [6, 6.07) is 3.24. The number of nitrogens with zero attached hydrogens (tertiary/aromatic N) is 2. The van der Waals surface area contributed by atoms with Crippen LogP contribution in [-0.4, -0.2) is 37.3 Å². The Kier molecular flexibility index (Phi) is 4.56. The van der Waals surface area contributed by atoms with E-state index in [-0.39, 0.29) is 11.4 Å². The van der Waals surface area contributed by atoms with Crippen molar-refractivity contribution in [3.8, 4) is 0 Å². The maximum absolute atomic E-state index is 12.8. The van der Waals surface area contributed by atoms with Crippen molar-refractivity contribution in [3.63, 3.8) is 0 Å². The maximum atomic E-state index is 12.8. The van der Waals surface area contributed by atoms with Crippen molar-refractivity contribution in [2.45, 2.75) is 12.6 Å². The smallest absolute Gasteiger partial charge is 0.409 e.